The van der Waals surface area contributed by atoms with Gasteiger partial charge in [-0.2, -0.15) is 13.2 Å². The Hall–Kier alpha value is -2.99. The number of anilines is 1. The highest BCUT2D eigenvalue weighted by molar-refractivity contribution is 7.92. The lowest BCUT2D eigenvalue weighted by Crippen LogP contribution is -2.52. The smallest absolute Gasteiger partial charge is 0.352 e. The van der Waals surface area contributed by atoms with Gasteiger partial charge in [-0.3, -0.25) is 13.9 Å². The van der Waals surface area contributed by atoms with Gasteiger partial charge in [0.15, 0.2) is 0 Å². The van der Waals surface area contributed by atoms with E-state index in [9.17, 15) is 31.2 Å². The molecule has 14 heteroatoms. The number of amides is 2. The summed E-state index contributed by atoms with van der Waals surface area (Å²) in [5.74, 6) is -1.39. The Labute approximate surface area is 263 Å². The molecule has 0 bridgehead atoms. The monoisotopic (exact) mass is 677 g/mol. The number of alkyl halides is 3. The molecule has 0 saturated carbocycles. The predicted octanol–water partition coefficient (Wildman–Crippen LogP) is 7.11. The maximum atomic E-state index is 13.9. The van der Waals surface area contributed by atoms with Gasteiger partial charge in [-0.15, -0.1) is 0 Å². The molecule has 0 aliphatic carbocycles. The molecule has 7 nitrogen and oxygen atoms in total. The van der Waals surface area contributed by atoms with E-state index in [1.165, 1.54) is 43.3 Å². The van der Waals surface area contributed by atoms with E-state index in [1.54, 1.807) is 26.8 Å². The average molecular weight is 679 g/mol. The number of hydrogen-bond acceptors (Lipinski definition) is 4. The van der Waals surface area contributed by atoms with E-state index < -0.39 is 56.9 Å². The van der Waals surface area contributed by atoms with E-state index in [0.717, 1.165) is 22.6 Å². The number of aryl methyl sites for hydroxylation is 1. The lowest BCUT2D eigenvalue weighted by molar-refractivity contribution is -0.139. The SMILES string of the molecule is Cc1ccc(S(=O)(=O)N(CC(=O)N(Cc2ccc(Cl)c(Cl)c2)[C@H](C)C(=O)NC(C)C)c2ccc(Cl)c(C(F)(F)F)c2)cc1. The van der Waals surface area contributed by atoms with Gasteiger partial charge in [0, 0.05) is 12.6 Å². The number of hydrogen-bond donors (Lipinski definition) is 1. The summed E-state index contributed by atoms with van der Waals surface area (Å²) in [6.45, 7) is 5.52. The number of nitrogens with zero attached hydrogens (tertiary/aromatic N) is 2. The lowest BCUT2D eigenvalue weighted by atomic mass is 10.1. The summed E-state index contributed by atoms with van der Waals surface area (Å²) >= 11 is 18.0. The second-order valence-electron chi connectivity index (χ2n) is 10.1. The van der Waals surface area contributed by atoms with Crippen molar-refractivity contribution in [2.45, 2.75) is 57.4 Å². The third-order valence-corrected chi connectivity index (χ3v) is 9.22. The number of carbonyl (C=O) groups excluding carboxylic acids is 2. The summed E-state index contributed by atoms with van der Waals surface area (Å²) in [6, 6.07) is 11.4. The molecular formula is C29H29Cl3F3N3O4S. The molecule has 3 aromatic rings. The highest BCUT2D eigenvalue weighted by atomic mass is 35.5. The summed E-state index contributed by atoms with van der Waals surface area (Å²) in [6.07, 6.45) is -4.90. The van der Waals surface area contributed by atoms with Crippen LogP contribution in [0.1, 0.15) is 37.5 Å². The number of halogens is 6. The second-order valence-corrected chi connectivity index (χ2v) is 13.2. The topological polar surface area (TPSA) is 86.8 Å². The molecule has 0 aliphatic rings. The van der Waals surface area contributed by atoms with Crippen LogP contribution in [0.5, 0.6) is 0 Å². The molecule has 0 radical (unpaired) electrons. The third-order valence-electron chi connectivity index (χ3n) is 6.37. The quantitative estimate of drug-likeness (QED) is 0.248. The molecule has 0 unspecified atom stereocenters. The van der Waals surface area contributed by atoms with Gasteiger partial charge in [-0.1, -0.05) is 58.6 Å². The maximum absolute atomic E-state index is 13.9. The maximum Gasteiger partial charge on any atom is 0.417 e. The van der Waals surface area contributed by atoms with Crippen LogP contribution in [0.2, 0.25) is 15.1 Å². The summed E-state index contributed by atoms with van der Waals surface area (Å²) in [4.78, 5) is 27.8. The van der Waals surface area contributed by atoms with Crippen LogP contribution in [-0.2, 0) is 32.3 Å². The van der Waals surface area contributed by atoms with Crippen molar-refractivity contribution < 1.29 is 31.2 Å². The van der Waals surface area contributed by atoms with Gasteiger partial charge < -0.3 is 10.2 Å². The fourth-order valence-corrected chi connectivity index (χ4v) is 6.03. The molecule has 1 atom stereocenters. The Bertz CT molecular complexity index is 1600. The zero-order chi connectivity index (χ0) is 32.3. The van der Waals surface area contributed by atoms with Gasteiger partial charge in [0.1, 0.15) is 12.6 Å². The summed E-state index contributed by atoms with van der Waals surface area (Å²) in [7, 11) is -4.59. The van der Waals surface area contributed by atoms with Crippen molar-refractivity contribution >= 4 is 62.3 Å². The average Bonchev–Trinajstić information content (AvgIpc) is 2.91. The van der Waals surface area contributed by atoms with Crippen molar-refractivity contribution in [1.82, 2.24) is 10.2 Å². The van der Waals surface area contributed by atoms with Crippen LogP contribution in [0.25, 0.3) is 0 Å². The van der Waals surface area contributed by atoms with Crippen molar-refractivity contribution in [3.05, 3.63) is 92.4 Å². The van der Waals surface area contributed by atoms with Gasteiger partial charge in [0.05, 0.1) is 31.2 Å². The Morgan fingerprint density at radius 3 is 2.05 bits per heavy atom. The van der Waals surface area contributed by atoms with Gasteiger partial charge in [0.25, 0.3) is 10.0 Å². The van der Waals surface area contributed by atoms with E-state index in [0.29, 0.717) is 15.9 Å². The Kier molecular flexibility index (Phi) is 11.0. The molecule has 0 saturated heterocycles. The fourth-order valence-electron chi connectivity index (χ4n) is 4.07. The standard InChI is InChI=1S/C29H29Cl3F3N3O4S/c1-17(2)36-28(40)19(4)37(15-20-7-11-25(31)26(32)13-20)27(39)16-38(43(41,42)22-9-5-18(3)6-10-22)21-8-12-24(30)23(14-21)29(33,34)35/h5-14,17,19H,15-16H2,1-4H3,(H,36,40)/t19-/m1/s1. The number of benzene rings is 3. The van der Waals surface area contributed by atoms with Gasteiger partial charge >= 0.3 is 6.18 Å². The fraction of sp³-hybridized carbons (Fsp3) is 0.310. The molecule has 0 spiro atoms. The van der Waals surface area contributed by atoms with Crippen molar-refractivity contribution in [3.8, 4) is 0 Å². The number of carbonyl (C=O) groups is 2. The Morgan fingerprint density at radius 2 is 1.49 bits per heavy atom. The van der Waals surface area contributed by atoms with Crippen LogP contribution < -0.4 is 9.62 Å². The van der Waals surface area contributed by atoms with Crippen LogP contribution in [0, 0.1) is 6.92 Å². The van der Waals surface area contributed by atoms with E-state index in [4.69, 9.17) is 34.8 Å². The summed E-state index contributed by atoms with van der Waals surface area (Å²) in [5.41, 5.74) is -0.504. The molecule has 3 rings (SSSR count). The highest BCUT2D eigenvalue weighted by Crippen LogP contribution is 2.38. The molecule has 1 N–H and O–H groups in total. The van der Waals surface area contributed by atoms with E-state index in [1.807, 2.05) is 0 Å². The molecule has 0 heterocycles. The molecule has 2 amide bonds. The molecule has 0 aliphatic heterocycles. The molecule has 3 aromatic carbocycles. The number of sulfonamides is 1. The first-order valence-corrected chi connectivity index (χ1v) is 15.5. The largest absolute Gasteiger partial charge is 0.417 e. The van der Waals surface area contributed by atoms with E-state index in [2.05, 4.69) is 5.32 Å². The van der Waals surface area contributed by atoms with Crippen LogP contribution >= 0.6 is 34.8 Å². The van der Waals surface area contributed by atoms with Crippen LogP contribution in [0.15, 0.2) is 65.6 Å². The molecular weight excluding hydrogens is 650 g/mol. The number of nitrogens with one attached hydrogen (secondary N) is 1. The van der Waals surface area contributed by atoms with Gasteiger partial charge in [-0.05, 0) is 75.7 Å². The van der Waals surface area contributed by atoms with Crippen molar-refractivity contribution in [2.24, 2.45) is 0 Å². The first kappa shape index (κ1) is 34.5. The predicted molar refractivity (Wildman–Crippen MR) is 162 cm³/mol. The van der Waals surface area contributed by atoms with Crippen molar-refractivity contribution in [2.75, 3.05) is 10.8 Å². The minimum absolute atomic E-state index is 0.185. The zero-order valence-electron chi connectivity index (χ0n) is 23.5. The van der Waals surface area contributed by atoms with Crippen molar-refractivity contribution in [3.63, 3.8) is 0 Å². The highest BCUT2D eigenvalue weighted by Gasteiger charge is 2.37. The minimum atomic E-state index is -4.90. The normalized spacial score (nSPS) is 12.6. The summed E-state index contributed by atoms with van der Waals surface area (Å²) in [5, 5.41) is 2.51. The molecule has 43 heavy (non-hydrogen) atoms. The first-order valence-electron chi connectivity index (χ1n) is 12.9. The first-order chi connectivity index (χ1) is 19.9. The lowest BCUT2D eigenvalue weighted by Gasteiger charge is -2.32. The van der Waals surface area contributed by atoms with Gasteiger partial charge in [-0.25, -0.2) is 8.42 Å². The van der Waals surface area contributed by atoms with Crippen LogP contribution in [0.3, 0.4) is 0 Å². The van der Waals surface area contributed by atoms with E-state index >= 15 is 0 Å². The molecule has 232 valence electrons. The third kappa shape index (κ3) is 8.56. The minimum Gasteiger partial charge on any atom is -0.352 e. The van der Waals surface area contributed by atoms with Crippen molar-refractivity contribution in [1.29, 1.82) is 0 Å². The van der Waals surface area contributed by atoms with E-state index in [-0.39, 0.29) is 27.5 Å². The van der Waals surface area contributed by atoms with Crippen LogP contribution in [0.4, 0.5) is 18.9 Å². The molecule has 0 aromatic heterocycles. The number of rotatable bonds is 10. The molecule has 0 fully saturated rings. The zero-order valence-corrected chi connectivity index (χ0v) is 26.6. The second kappa shape index (κ2) is 13.8. The Balaban J connectivity index is 2.14. The summed E-state index contributed by atoms with van der Waals surface area (Å²) < 4.78 is 69.6. The Morgan fingerprint density at radius 1 is 0.884 bits per heavy atom. The van der Waals surface area contributed by atoms with Crippen LogP contribution in [-0.4, -0.2) is 43.8 Å². The van der Waals surface area contributed by atoms with Gasteiger partial charge in [0.2, 0.25) is 11.8 Å².